The quantitative estimate of drug-likeness (QED) is 0.745. The van der Waals surface area contributed by atoms with Gasteiger partial charge < -0.3 is 19.1 Å². The summed E-state index contributed by atoms with van der Waals surface area (Å²) in [5.74, 6) is 0.0871. The van der Waals surface area contributed by atoms with E-state index < -0.39 is 5.60 Å². The first kappa shape index (κ1) is 20.5. The summed E-state index contributed by atoms with van der Waals surface area (Å²) in [5.41, 5.74) is 2.83. The summed E-state index contributed by atoms with van der Waals surface area (Å²) in [7, 11) is 0. The molecule has 1 saturated heterocycles. The van der Waals surface area contributed by atoms with Gasteiger partial charge in [-0.2, -0.15) is 0 Å². The Balaban J connectivity index is 1.41. The molecule has 160 valence electrons. The molecule has 6 nitrogen and oxygen atoms in total. The average molecular weight is 410 g/mol. The van der Waals surface area contributed by atoms with Crippen LogP contribution in [-0.2, 0) is 17.7 Å². The maximum atomic E-state index is 13.3. The summed E-state index contributed by atoms with van der Waals surface area (Å²) in [4.78, 5) is 29.3. The number of amides is 2. The zero-order valence-corrected chi connectivity index (χ0v) is 18.1. The van der Waals surface area contributed by atoms with Gasteiger partial charge in [-0.1, -0.05) is 24.3 Å². The predicted octanol–water partition coefficient (Wildman–Crippen LogP) is 4.26. The van der Waals surface area contributed by atoms with Gasteiger partial charge in [-0.05, 0) is 63.3 Å². The van der Waals surface area contributed by atoms with Crippen LogP contribution in [0.4, 0.5) is 4.79 Å². The number of nitrogens with zero attached hydrogens (tertiary/aromatic N) is 3. The summed E-state index contributed by atoms with van der Waals surface area (Å²) in [6.07, 6.45) is 4.28. The van der Waals surface area contributed by atoms with Crippen molar-refractivity contribution in [2.24, 2.45) is 0 Å². The normalized spacial score (nSPS) is 17.6. The lowest BCUT2D eigenvalue weighted by molar-refractivity contribution is 0.0186. The van der Waals surface area contributed by atoms with Crippen LogP contribution in [0.1, 0.15) is 61.3 Å². The van der Waals surface area contributed by atoms with E-state index in [9.17, 15) is 9.59 Å². The molecule has 4 rings (SSSR count). The molecule has 0 spiro atoms. The van der Waals surface area contributed by atoms with Crippen molar-refractivity contribution < 1.29 is 14.3 Å². The number of likely N-dealkylation sites (tertiary alicyclic amines) is 1. The molecule has 1 aromatic heterocycles. The maximum Gasteiger partial charge on any atom is 0.410 e. The molecule has 3 heterocycles. The van der Waals surface area contributed by atoms with Gasteiger partial charge in [-0.25, -0.2) is 4.79 Å². The van der Waals surface area contributed by atoms with Crippen molar-refractivity contribution in [1.29, 1.82) is 0 Å². The Hall–Kier alpha value is -2.76. The second-order valence-electron chi connectivity index (χ2n) is 9.24. The van der Waals surface area contributed by atoms with Crippen LogP contribution >= 0.6 is 0 Å². The number of ether oxygens (including phenoxy) is 1. The Morgan fingerprint density at radius 1 is 0.933 bits per heavy atom. The topological polar surface area (TPSA) is 54.8 Å². The highest BCUT2D eigenvalue weighted by Gasteiger charge is 2.30. The maximum absolute atomic E-state index is 13.3. The van der Waals surface area contributed by atoms with Gasteiger partial charge in [0.25, 0.3) is 5.91 Å². The fourth-order valence-electron chi connectivity index (χ4n) is 4.38. The van der Waals surface area contributed by atoms with Gasteiger partial charge in [0.1, 0.15) is 11.3 Å². The monoisotopic (exact) mass is 409 g/mol. The first-order valence-electron chi connectivity index (χ1n) is 10.8. The first-order chi connectivity index (χ1) is 14.3. The molecule has 0 atom stereocenters. The molecule has 0 saturated carbocycles. The minimum absolute atomic E-state index is 0.0871. The number of hydrogen-bond donors (Lipinski definition) is 0. The standard InChI is InChI=1S/C24H31N3O3/c1-24(2,3)30-23(29)25-15-11-20(12-16-25)27-13-6-9-21(27)22(28)26-14-10-18-7-4-5-8-19(18)17-26/h4-9,13,20H,10-12,14-17H2,1-3H3. The molecule has 0 unspecified atom stereocenters. The van der Waals surface area contributed by atoms with Crippen LogP contribution in [0.25, 0.3) is 0 Å². The van der Waals surface area contributed by atoms with Crippen molar-refractivity contribution in [3.05, 3.63) is 59.4 Å². The van der Waals surface area contributed by atoms with Crippen LogP contribution < -0.4 is 0 Å². The Labute approximate surface area is 178 Å². The number of hydrogen-bond acceptors (Lipinski definition) is 3. The van der Waals surface area contributed by atoms with E-state index in [1.54, 1.807) is 4.90 Å². The molecule has 6 heteroatoms. The largest absolute Gasteiger partial charge is 0.444 e. The lowest BCUT2D eigenvalue weighted by Gasteiger charge is -2.35. The van der Waals surface area contributed by atoms with Crippen LogP contribution in [0.5, 0.6) is 0 Å². The van der Waals surface area contributed by atoms with Gasteiger partial charge in [0.2, 0.25) is 0 Å². The zero-order valence-electron chi connectivity index (χ0n) is 18.1. The van der Waals surface area contributed by atoms with Crippen LogP contribution in [0.2, 0.25) is 0 Å². The lowest BCUT2D eigenvalue weighted by Crippen LogP contribution is -2.42. The van der Waals surface area contributed by atoms with Crippen molar-refractivity contribution in [2.75, 3.05) is 19.6 Å². The van der Waals surface area contributed by atoms with Crippen molar-refractivity contribution in [1.82, 2.24) is 14.4 Å². The highest BCUT2D eigenvalue weighted by atomic mass is 16.6. The van der Waals surface area contributed by atoms with E-state index in [1.807, 2.05) is 50.1 Å². The van der Waals surface area contributed by atoms with E-state index >= 15 is 0 Å². The Morgan fingerprint density at radius 3 is 2.33 bits per heavy atom. The van der Waals surface area contributed by atoms with Gasteiger partial charge in [-0.3, -0.25) is 4.79 Å². The smallest absolute Gasteiger partial charge is 0.410 e. The molecular formula is C24H31N3O3. The molecule has 2 aromatic rings. The van der Waals surface area contributed by atoms with E-state index in [0.29, 0.717) is 19.6 Å². The Morgan fingerprint density at radius 2 is 1.63 bits per heavy atom. The zero-order chi connectivity index (χ0) is 21.3. The van der Waals surface area contributed by atoms with E-state index in [4.69, 9.17) is 4.74 Å². The molecule has 2 aliphatic rings. The van der Waals surface area contributed by atoms with E-state index in [-0.39, 0.29) is 18.0 Å². The van der Waals surface area contributed by atoms with Crippen LogP contribution in [-0.4, -0.2) is 51.6 Å². The highest BCUT2D eigenvalue weighted by molar-refractivity contribution is 5.93. The van der Waals surface area contributed by atoms with Crippen molar-refractivity contribution in [2.45, 2.75) is 58.2 Å². The van der Waals surface area contributed by atoms with Gasteiger partial charge in [0.05, 0.1) is 0 Å². The summed E-state index contributed by atoms with van der Waals surface area (Å²) in [6.45, 7) is 8.34. The van der Waals surface area contributed by atoms with Gasteiger partial charge >= 0.3 is 6.09 Å². The number of aromatic nitrogens is 1. The number of benzene rings is 1. The molecule has 0 aliphatic carbocycles. The van der Waals surface area contributed by atoms with E-state index in [0.717, 1.165) is 31.5 Å². The number of piperidine rings is 1. The first-order valence-corrected chi connectivity index (χ1v) is 10.8. The molecule has 0 bridgehead atoms. The predicted molar refractivity (Wildman–Crippen MR) is 115 cm³/mol. The molecule has 30 heavy (non-hydrogen) atoms. The summed E-state index contributed by atoms with van der Waals surface area (Å²) in [5, 5.41) is 0. The lowest BCUT2D eigenvalue weighted by atomic mass is 9.99. The molecule has 2 amide bonds. The molecule has 0 N–H and O–H groups in total. The van der Waals surface area contributed by atoms with Gasteiger partial charge in [-0.15, -0.1) is 0 Å². The number of carbonyl (C=O) groups excluding carboxylic acids is 2. The van der Waals surface area contributed by atoms with Crippen LogP contribution in [0.15, 0.2) is 42.6 Å². The molecular weight excluding hydrogens is 378 g/mol. The van der Waals surface area contributed by atoms with Crippen LogP contribution in [0.3, 0.4) is 0 Å². The number of fused-ring (bicyclic) bond motifs is 1. The third kappa shape index (κ3) is 4.37. The fourth-order valence-corrected chi connectivity index (χ4v) is 4.38. The molecule has 0 radical (unpaired) electrons. The Kier molecular flexibility index (Phi) is 5.58. The molecule has 1 fully saturated rings. The highest BCUT2D eigenvalue weighted by Crippen LogP contribution is 2.27. The van der Waals surface area contributed by atoms with Gasteiger partial charge in [0.15, 0.2) is 0 Å². The molecule has 1 aromatic carbocycles. The van der Waals surface area contributed by atoms with E-state index in [2.05, 4.69) is 22.8 Å². The van der Waals surface area contributed by atoms with Crippen LogP contribution in [0, 0.1) is 0 Å². The summed E-state index contributed by atoms with van der Waals surface area (Å²) < 4.78 is 7.60. The Bertz CT molecular complexity index is 920. The minimum atomic E-state index is -0.485. The average Bonchev–Trinajstić information content (AvgIpc) is 3.21. The number of rotatable bonds is 2. The third-order valence-corrected chi connectivity index (χ3v) is 5.93. The minimum Gasteiger partial charge on any atom is -0.444 e. The van der Waals surface area contributed by atoms with E-state index in [1.165, 1.54) is 11.1 Å². The summed E-state index contributed by atoms with van der Waals surface area (Å²) in [6, 6.07) is 12.4. The second-order valence-corrected chi connectivity index (χ2v) is 9.24. The fraction of sp³-hybridized carbons (Fsp3) is 0.500. The number of carbonyl (C=O) groups is 2. The van der Waals surface area contributed by atoms with Crippen molar-refractivity contribution in [3.63, 3.8) is 0 Å². The summed E-state index contributed by atoms with van der Waals surface area (Å²) >= 11 is 0. The third-order valence-electron chi connectivity index (χ3n) is 5.93. The SMILES string of the molecule is CC(C)(C)OC(=O)N1CCC(n2cccc2C(=O)N2CCc3ccccc3C2)CC1. The second kappa shape index (κ2) is 8.17. The van der Waals surface area contributed by atoms with Crippen molar-refractivity contribution in [3.8, 4) is 0 Å². The van der Waals surface area contributed by atoms with Crippen molar-refractivity contribution >= 4 is 12.0 Å². The molecule has 2 aliphatic heterocycles. The van der Waals surface area contributed by atoms with Gasteiger partial charge in [0, 0.05) is 38.4 Å².